The highest BCUT2D eigenvalue weighted by Crippen LogP contribution is 2.10. The number of hydrogen-bond donors (Lipinski definition) is 1. The number of thioether (sulfide) groups is 1. The van der Waals surface area contributed by atoms with Gasteiger partial charge in [-0.1, -0.05) is 25.6 Å². The molecule has 0 aliphatic carbocycles. The first-order valence-corrected chi connectivity index (χ1v) is 7.41. The third-order valence-electron chi connectivity index (χ3n) is 2.96. The molecule has 4 heteroatoms. The molecule has 3 nitrogen and oxygen atoms in total. The molecule has 1 unspecified atom stereocenters. The van der Waals surface area contributed by atoms with Gasteiger partial charge in [0.1, 0.15) is 0 Å². The lowest BCUT2D eigenvalue weighted by Crippen LogP contribution is -2.31. The van der Waals surface area contributed by atoms with Gasteiger partial charge in [-0.15, -0.1) is 0 Å². The molecule has 1 aliphatic heterocycles. The fourth-order valence-electron chi connectivity index (χ4n) is 1.87. The van der Waals surface area contributed by atoms with E-state index in [2.05, 4.69) is 36.0 Å². The molecule has 0 amide bonds. The second-order valence-corrected chi connectivity index (χ2v) is 5.33. The number of nitrogens with zero attached hydrogens (tertiary/aromatic N) is 2. The zero-order chi connectivity index (χ0) is 11.8. The van der Waals surface area contributed by atoms with Crippen LogP contribution in [-0.2, 0) is 0 Å². The van der Waals surface area contributed by atoms with E-state index >= 15 is 0 Å². The van der Waals surface area contributed by atoms with Gasteiger partial charge in [0, 0.05) is 11.8 Å². The molecule has 0 aromatic carbocycles. The maximum Gasteiger partial charge on any atom is 0.156 e. The standard InChI is InChI=1S/C12H25N3S/c1-4-15(5-2)9-6-7-11(3)14-12-13-8-10-16-12/h11H,4-10H2,1-3H3,(H,13,14). The first kappa shape index (κ1) is 13.8. The van der Waals surface area contributed by atoms with Crippen molar-refractivity contribution in [3.8, 4) is 0 Å². The van der Waals surface area contributed by atoms with Gasteiger partial charge in [0.2, 0.25) is 0 Å². The minimum Gasteiger partial charge on any atom is -0.362 e. The number of hydrogen-bond acceptors (Lipinski definition) is 4. The molecule has 0 saturated heterocycles. The van der Waals surface area contributed by atoms with E-state index in [4.69, 9.17) is 0 Å². The van der Waals surface area contributed by atoms with Crippen molar-refractivity contribution in [2.24, 2.45) is 4.99 Å². The lowest BCUT2D eigenvalue weighted by Gasteiger charge is -2.20. The normalized spacial score (nSPS) is 17.6. The maximum atomic E-state index is 4.41. The third kappa shape index (κ3) is 5.21. The summed E-state index contributed by atoms with van der Waals surface area (Å²) in [7, 11) is 0. The zero-order valence-corrected chi connectivity index (χ0v) is 11.6. The first-order valence-electron chi connectivity index (χ1n) is 6.42. The van der Waals surface area contributed by atoms with Crippen LogP contribution in [0.15, 0.2) is 4.99 Å². The highest BCUT2D eigenvalue weighted by atomic mass is 32.2. The molecular formula is C12H25N3S. The fourth-order valence-corrected chi connectivity index (χ4v) is 2.71. The summed E-state index contributed by atoms with van der Waals surface area (Å²) in [6, 6.07) is 0.555. The van der Waals surface area contributed by atoms with Gasteiger partial charge in [0.25, 0.3) is 0 Å². The second-order valence-electron chi connectivity index (χ2n) is 4.25. The second kappa shape index (κ2) is 7.96. The Kier molecular flexibility index (Phi) is 6.88. The van der Waals surface area contributed by atoms with Crippen molar-refractivity contribution in [3.05, 3.63) is 0 Å². The van der Waals surface area contributed by atoms with Crippen LogP contribution in [-0.4, -0.2) is 48.0 Å². The van der Waals surface area contributed by atoms with Gasteiger partial charge in [0.15, 0.2) is 5.17 Å². The molecule has 0 radical (unpaired) electrons. The zero-order valence-electron chi connectivity index (χ0n) is 10.8. The lowest BCUT2D eigenvalue weighted by molar-refractivity contribution is 0.293. The number of nitrogens with one attached hydrogen (secondary N) is 1. The molecule has 0 aromatic heterocycles. The van der Waals surface area contributed by atoms with Crippen molar-refractivity contribution < 1.29 is 0 Å². The monoisotopic (exact) mass is 243 g/mol. The van der Waals surface area contributed by atoms with Crippen LogP contribution in [0.2, 0.25) is 0 Å². The summed E-state index contributed by atoms with van der Waals surface area (Å²) in [5.74, 6) is 1.15. The Morgan fingerprint density at radius 2 is 2.19 bits per heavy atom. The Morgan fingerprint density at radius 1 is 1.44 bits per heavy atom. The Bertz CT molecular complexity index is 214. The first-order chi connectivity index (χ1) is 7.76. The Morgan fingerprint density at radius 3 is 2.75 bits per heavy atom. The van der Waals surface area contributed by atoms with E-state index in [1.165, 1.54) is 32.5 Å². The van der Waals surface area contributed by atoms with Crippen LogP contribution in [0.3, 0.4) is 0 Å². The van der Waals surface area contributed by atoms with Crippen molar-refractivity contribution in [1.82, 2.24) is 10.2 Å². The highest BCUT2D eigenvalue weighted by Gasteiger charge is 2.10. The van der Waals surface area contributed by atoms with Gasteiger partial charge in [-0.25, -0.2) is 0 Å². The molecule has 1 heterocycles. The Balaban J connectivity index is 2.07. The molecule has 0 fully saturated rings. The molecular weight excluding hydrogens is 218 g/mol. The van der Waals surface area contributed by atoms with Gasteiger partial charge < -0.3 is 10.2 Å². The van der Waals surface area contributed by atoms with Crippen LogP contribution < -0.4 is 5.32 Å². The fraction of sp³-hybridized carbons (Fsp3) is 0.917. The smallest absolute Gasteiger partial charge is 0.156 e. The van der Waals surface area contributed by atoms with E-state index in [9.17, 15) is 0 Å². The molecule has 94 valence electrons. The summed E-state index contributed by atoms with van der Waals surface area (Å²) in [4.78, 5) is 6.89. The van der Waals surface area contributed by atoms with Crippen LogP contribution >= 0.6 is 11.8 Å². The van der Waals surface area contributed by atoms with Crippen LogP contribution in [0.4, 0.5) is 0 Å². The van der Waals surface area contributed by atoms with Crippen LogP contribution in [0, 0.1) is 0 Å². The highest BCUT2D eigenvalue weighted by molar-refractivity contribution is 8.14. The summed E-state index contributed by atoms with van der Waals surface area (Å²) in [5.41, 5.74) is 0. The molecule has 1 N–H and O–H groups in total. The summed E-state index contributed by atoms with van der Waals surface area (Å²) in [5, 5.41) is 4.63. The third-order valence-corrected chi connectivity index (χ3v) is 3.87. The lowest BCUT2D eigenvalue weighted by atomic mass is 10.2. The summed E-state index contributed by atoms with van der Waals surface area (Å²) < 4.78 is 0. The summed E-state index contributed by atoms with van der Waals surface area (Å²) >= 11 is 1.85. The SMILES string of the molecule is CCN(CC)CCCC(C)NC1=NCCS1. The van der Waals surface area contributed by atoms with Crippen molar-refractivity contribution >= 4 is 16.9 Å². The van der Waals surface area contributed by atoms with Crippen molar-refractivity contribution in [1.29, 1.82) is 0 Å². The van der Waals surface area contributed by atoms with Crippen molar-refractivity contribution in [2.75, 3.05) is 31.9 Å². The largest absolute Gasteiger partial charge is 0.362 e. The van der Waals surface area contributed by atoms with Gasteiger partial charge in [0.05, 0.1) is 6.54 Å². The maximum absolute atomic E-state index is 4.41. The van der Waals surface area contributed by atoms with Gasteiger partial charge >= 0.3 is 0 Å². The Labute approximate surface area is 104 Å². The molecule has 1 aliphatic rings. The van der Waals surface area contributed by atoms with E-state index in [1.807, 2.05) is 11.8 Å². The predicted octanol–water partition coefficient (Wildman–Crippen LogP) is 2.19. The van der Waals surface area contributed by atoms with E-state index in [0.717, 1.165) is 17.5 Å². The van der Waals surface area contributed by atoms with Gasteiger partial charge in [-0.3, -0.25) is 4.99 Å². The molecule has 1 atom stereocenters. The molecule has 0 bridgehead atoms. The number of aliphatic imine (C=N–C) groups is 1. The van der Waals surface area contributed by atoms with Crippen LogP contribution in [0.25, 0.3) is 0 Å². The number of amidine groups is 1. The van der Waals surface area contributed by atoms with E-state index < -0.39 is 0 Å². The molecule has 0 saturated carbocycles. The Hall–Kier alpha value is -0.220. The van der Waals surface area contributed by atoms with Crippen LogP contribution in [0.5, 0.6) is 0 Å². The van der Waals surface area contributed by atoms with E-state index in [-0.39, 0.29) is 0 Å². The molecule has 16 heavy (non-hydrogen) atoms. The molecule has 0 aromatic rings. The minimum atomic E-state index is 0.555. The molecule has 0 spiro atoms. The summed E-state index contributed by atoms with van der Waals surface area (Å²) in [6.45, 7) is 11.3. The predicted molar refractivity (Wildman–Crippen MR) is 74.4 cm³/mol. The van der Waals surface area contributed by atoms with Crippen molar-refractivity contribution in [2.45, 2.75) is 39.7 Å². The van der Waals surface area contributed by atoms with Crippen molar-refractivity contribution in [3.63, 3.8) is 0 Å². The van der Waals surface area contributed by atoms with E-state index in [1.54, 1.807) is 0 Å². The average Bonchev–Trinajstić information content (AvgIpc) is 2.77. The number of rotatable bonds is 7. The summed E-state index contributed by atoms with van der Waals surface area (Å²) in [6.07, 6.45) is 2.50. The molecule has 1 rings (SSSR count). The van der Waals surface area contributed by atoms with Gasteiger partial charge in [-0.05, 0) is 39.4 Å². The average molecular weight is 243 g/mol. The van der Waals surface area contributed by atoms with Gasteiger partial charge in [-0.2, -0.15) is 0 Å². The van der Waals surface area contributed by atoms with E-state index in [0.29, 0.717) is 6.04 Å². The topological polar surface area (TPSA) is 27.6 Å². The quantitative estimate of drug-likeness (QED) is 0.743. The van der Waals surface area contributed by atoms with Crippen LogP contribution in [0.1, 0.15) is 33.6 Å². The minimum absolute atomic E-state index is 0.555.